The van der Waals surface area contributed by atoms with E-state index in [2.05, 4.69) is 10.4 Å². The van der Waals surface area contributed by atoms with Gasteiger partial charge in [0.15, 0.2) is 11.5 Å². The van der Waals surface area contributed by atoms with E-state index < -0.39 is 0 Å². The highest BCUT2D eigenvalue weighted by atomic mass is 19.1. The lowest BCUT2D eigenvalue weighted by Gasteiger charge is -2.23. The van der Waals surface area contributed by atoms with Crippen molar-refractivity contribution in [2.24, 2.45) is 5.10 Å². The van der Waals surface area contributed by atoms with E-state index in [0.717, 1.165) is 11.1 Å². The van der Waals surface area contributed by atoms with Crippen LogP contribution >= 0.6 is 0 Å². The van der Waals surface area contributed by atoms with Crippen LogP contribution in [0.25, 0.3) is 0 Å². The second-order valence-electron chi connectivity index (χ2n) is 6.50. The minimum absolute atomic E-state index is 0.175. The number of nitrogens with zero attached hydrogens (tertiary/aromatic N) is 2. The molecule has 1 N–H and O–H groups in total. The highest BCUT2D eigenvalue weighted by molar-refractivity contribution is 6.39. The fourth-order valence-corrected chi connectivity index (χ4v) is 2.93. The SMILES string of the molecule is COc1ccc(CNC(=O)C2=NN(Cc3ccc(F)cc3)C(=O)CC2)cc1OC. The number of hydrazone groups is 1. The van der Waals surface area contributed by atoms with Gasteiger partial charge in [0.1, 0.15) is 11.5 Å². The van der Waals surface area contributed by atoms with Crippen molar-refractivity contribution in [2.75, 3.05) is 14.2 Å². The van der Waals surface area contributed by atoms with Gasteiger partial charge in [0, 0.05) is 19.4 Å². The van der Waals surface area contributed by atoms with Crippen LogP contribution in [-0.2, 0) is 22.7 Å². The quantitative estimate of drug-likeness (QED) is 0.776. The number of methoxy groups -OCH3 is 2. The van der Waals surface area contributed by atoms with Crippen molar-refractivity contribution in [3.8, 4) is 11.5 Å². The smallest absolute Gasteiger partial charge is 0.267 e. The minimum Gasteiger partial charge on any atom is -0.493 e. The Kier molecular flexibility index (Phi) is 6.43. The Morgan fingerprint density at radius 1 is 1.07 bits per heavy atom. The van der Waals surface area contributed by atoms with Crippen LogP contribution in [-0.4, -0.2) is 36.8 Å². The highest BCUT2D eigenvalue weighted by Crippen LogP contribution is 2.27. The molecule has 0 saturated heterocycles. The van der Waals surface area contributed by atoms with Gasteiger partial charge in [-0.15, -0.1) is 0 Å². The highest BCUT2D eigenvalue weighted by Gasteiger charge is 2.24. The third-order valence-electron chi connectivity index (χ3n) is 4.51. The molecule has 2 amide bonds. The predicted octanol–water partition coefficient (Wildman–Crippen LogP) is 2.64. The number of ether oxygens (including phenoxy) is 2. The maximum Gasteiger partial charge on any atom is 0.267 e. The Balaban J connectivity index is 1.65. The Labute approximate surface area is 168 Å². The Hall–Kier alpha value is -3.42. The third kappa shape index (κ3) is 5.10. The molecule has 7 nitrogen and oxygen atoms in total. The van der Waals surface area contributed by atoms with Crippen LogP contribution in [0, 0.1) is 5.82 Å². The Bertz CT molecular complexity index is 928. The van der Waals surface area contributed by atoms with E-state index in [0.29, 0.717) is 11.5 Å². The van der Waals surface area contributed by atoms with Crippen molar-refractivity contribution < 1.29 is 23.5 Å². The summed E-state index contributed by atoms with van der Waals surface area (Å²) in [5.41, 5.74) is 1.86. The summed E-state index contributed by atoms with van der Waals surface area (Å²) in [6, 6.07) is 11.2. The molecule has 1 heterocycles. The number of carbonyl (C=O) groups is 2. The molecule has 1 aliphatic rings. The lowest BCUT2D eigenvalue weighted by molar-refractivity contribution is -0.132. The summed E-state index contributed by atoms with van der Waals surface area (Å²) in [5.74, 6) is 0.319. The summed E-state index contributed by atoms with van der Waals surface area (Å²) in [7, 11) is 3.10. The van der Waals surface area contributed by atoms with Gasteiger partial charge in [-0.2, -0.15) is 5.10 Å². The normalized spacial score (nSPS) is 13.7. The average molecular weight is 399 g/mol. The van der Waals surface area contributed by atoms with E-state index in [1.54, 1.807) is 38.5 Å². The van der Waals surface area contributed by atoms with Gasteiger partial charge in [0.2, 0.25) is 5.91 Å². The second kappa shape index (κ2) is 9.18. The maximum atomic E-state index is 13.0. The van der Waals surface area contributed by atoms with Crippen LogP contribution in [0.15, 0.2) is 47.6 Å². The van der Waals surface area contributed by atoms with Crippen molar-refractivity contribution in [1.29, 1.82) is 0 Å². The number of amides is 2. The molecule has 0 fully saturated rings. The molecule has 2 aromatic carbocycles. The molecule has 0 radical (unpaired) electrons. The lowest BCUT2D eigenvalue weighted by atomic mass is 10.1. The molecule has 29 heavy (non-hydrogen) atoms. The van der Waals surface area contributed by atoms with Crippen LogP contribution in [0.1, 0.15) is 24.0 Å². The first-order chi connectivity index (χ1) is 14.0. The Morgan fingerprint density at radius 2 is 1.76 bits per heavy atom. The molecule has 0 atom stereocenters. The summed E-state index contributed by atoms with van der Waals surface area (Å²) in [4.78, 5) is 24.6. The molecule has 3 rings (SSSR count). The molecule has 2 aromatic rings. The van der Waals surface area contributed by atoms with Gasteiger partial charge in [-0.05, 0) is 35.4 Å². The molecule has 0 spiro atoms. The van der Waals surface area contributed by atoms with Crippen LogP contribution < -0.4 is 14.8 Å². The molecule has 1 aliphatic heterocycles. The fraction of sp³-hybridized carbons (Fsp3) is 0.286. The van der Waals surface area contributed by atoms with E-state index in [4.69, 9.17) is 9.47 Å². The van der Waals surface area contributed by atoms with Crippen molar-refractivity contribution in [3.63, 3.8) is 0 Å². The van der Waals surface area contributed by atoms with Crippen LogP contribution in [0.3, 0.4) is 0 Å². The van der Waals surface area contributed by atoms with Crippen LogP contribution in [0.2, 0.25) is 0 Å². The van der Waals surface area contributed by atoms with Gasteiger partial charge < -0.3 is 14.8 Å². The molecule has 0 aromatic heterocycles. The molecule has 152 valence electrons. The summed E-state index contributed by atoms with van der Waals surface area (Å²) >= 11 is 0. The zero-order chi connectivity index (χ0) is 20.8. The van der Waals surface area contributed by atoms with E-state index in [9.17, 15) is 14.0 Å². The minimum atomic E-state index is -0.350. The Morgan fingerprint density at radius 3 is 2.45 bits per heavy atom. The zero-order valence-electron chi connectivity index (χ0n) is 16.3. The first-order valence-corrected chi connectivity index (χ1v) is 9.11. The van der Waals surface area contributed by atoms with Crippen molar-refractivity contribution in [1.82, 2.24) is 10.3 Å². The molecule has 0 saturated carbocycles. The molecule has 0 unspecified atom stereocenters. The summed E-state index contributed by atoms with van der Waals surface area (Å²) in [6.07, 6.45) is 0.473. The number of nitrogens with one attached hydrogen (secondary N) is 1. The average Bonchev–Trinajstić information content (AvgIpc) is 2.74. The first-order valence-electron chi connectivity index (χ1n) is 9.11. The number of hydrogen-bond acceptors (Lipinski definition) is 5. The van der Waals surface area contributed by atoms with Gasteiger partial charge in [0.25, 0.3) is 5.91 Å². The van der Waals surface area contributed by atoms with Gasteiger partial charge in [-0.3, -0.25) is 9.59 Å². The molecular formula is C21H22FN3O4. The third-order valence-corrected chi connectivity index (χ3v) is 4.51. The van der Waals surface area contributed by atoms with Gasteiger partial charge >= 0.3 is 0 Å². The van der Waals surface area contributed by atoms with Gasteiger partial charge in [-0.1, -0.05) is 18.2 Å². The van der Waals surface area contributed by atoms with Gasteiger partial charge in [0.05, 0.1) is 20.8 Å². The second-order valence-corrected chi connectivity index (χ2v) is 6.50. The van der Waals surface area contributed by atoms with Crippen molar-refractivity contribution in [2.45, 2.75) is 25.9 Å². The largest absolute Gasteiger partial charge is 0.493 e. The number of carbonyl (C=O) groups excluding carboxylic acids is 2. The van der Waals surface area contributed by atoms with E-state index >= 15 is 0 Å². The zero-order valence-corrected chi connectivity index (χ0v) is 16.3. The van der Waals surface area contributed by atoms with Crippen LogP contribution in [0.5, 0.6) is 11.5 Å². The predicted molar refractivity (Wildman–Crippen MR) is 105 cm³/mol. The summed E-state index contributed by atoms with van der Waals surface area (Å²) < 4.78 is 23.5. The molecular weight excluding hydrogens is 377 g/mol. The van der Waals surface area contributed by atoms with Crippen LogP contribution in [0.4, 0.5) is 4.39 Å². The molecule has 0 bridgehead atoms. The lowest BCUT2D eigenvalue weighted by Crippen LogP contribution is -2.38. The number of rotatable bonds is 7. The standard InChI is InChI=1S/C21H22FN3O4/c1-28-18-9-5-15(11-19(18)29-2)12-23-21(27)17-8-10-20(26)25(24-17)13-14-3-6-16(22)7-4-14/h3-7,9,11H,8,10,12-13H2,1-2H3,(H,23,27). The van der Waals surface area contributed by atoms with E-state index in [-0.39, 0.29) is 49.3 Å². The first kappa shape index (κ1) is 20.3. The monoisotopic (exact) mass is 399 g/mol. The summed E-state index contributed by atoms with van der Waals surface area (Å²) in [5, 5.41) is 8.27. The number of hydrogen-bond donors (Lipinski definition) is 1. The number of benzene rings is 2. The number of halogens is 1. The molecule has 8 heteroatoms. The fourth-order valence-electron chi connectivity index (χ4n) is 2.93. The van der Waals surface area contributed by atoms with Crippen molar-refractivity contribution in [3.05, 3.63) is 59.4 Å². The van der Waals surface area contributed by atoms with E-state index in [1.165, 1.54) is 17.1 Å². The van der Waals surface area contributed by atoms with Crippen molar-refractivity contribution >= 4 is 17.5 Å². The topological polar surface area (TPSA) is 80.2 Å². The summed E-state index contributed by atoms with van der Waals surface area (Å²) in [6.45, 7) is 0.468. The molecule has 0 aliphatic carbocycles. The maximum absolute atomic E-state index is 13.0. The van der Waals surface area contributed by atoms with E-state index in [1.807, 2.05) is 6.07 Å². The van der Waals surface area contributed by atoms with Gasteiger partial charge in [-0.25, -0.2) is 9.40 Å².